The molecule has 0 heterocycles. The van der Waals surface area contributed by atoms with Crippen molar-refractivity contribution in [1.29, 1.82) is 0 Å². The van der Waals surface area contributed by atoms with Crippen molar-refractivity contribution >= 4 is 12.6 Å². The van der Waals surface area contributed by atoms with E-state index in [1.165, 1.54) is 0 Å². The summed E-state index contributed by atoms with van der Waals surface area (Å²) in [7, 11) is 1.68. The quantitative estimate of drug-likeness (QED) is 0.692. The highest BCUT2D eigenvalue weighted by atomic mass is 32.1. The van der Waals surface area contributed by atoms with E-state index in [9.17, 15) is 0 Å². The van der Waals surface area contributed by atoms with Gasteiger partial charge in [0.25, 0.3) is 0 Å². The second-order valence-corrected chi connectivity index (χ2v) is 4.38. The van der Waals surface area contributed by atoms with Crippen molar-refractivity contribution in [2.75, 3.05) is 7.11 Å². The molecule has 0 saturated heterocycles. The Balaban J connectivity index is 3.14. The van der Waals surface area contributed by atoms with Gasteiger partial charge in [0.15, 0.2) is 0 Å². The number of thiol groups is 1. The molecule has 0 aromatic heterocycles. The number of rotatable bonds is 2. The first-order chi connectivity index (χ1) is 5.55. The third-order valence-corrected chi connectivity index (χ3v) is 2.01. The first kappa shape index (κ1) is 9.46. The number of hydrogen-bond donors (Lipinski definition) is 1. The van der Waals surface area contributed by atoms with Gasteiger partial charge in [-0.3, -0.25) is 0 Å². The fourth-order valence-corrected chi connectivity index (χ4v) is 1.33. The minimum Gasteiger partial charge on any atom is -0.496 e. The van der Waals surface area contributed by atoms with Gasteiger partial charge < -0.3 is 4.74 Å². The van der Waals surface area contributed by atoms with E-state index in [0.29, 0.717) is 0 Å². The molecule has 0 spiro atoms. The van der Waals surface area contributed by atoms with Crippen LogP contribution in [0.5, 0.6) is 5.75 Å². The standard InChI is InChI=1S/C10H14OS/c1-10(2,12)8-6-4-5-7-9(8)11-3/h4-7,12H,1-3H3. The molecule has 1 nitrogen and oxygen atoms in total. The number of para-hydroxylation sites is 1. The van der Waals surface area contributed by atoms with Crippen LogP contribution in [0.1, 0.15) is 19.4 Å². The van der Waals surface area contributed by atoms with Gasteiger partial charge in [-0.15, -0.1) is 0 Å². The average Bonchev–Trinajstić information content (AvgIpc) is 2.03. The highest BCUT2D eigenvalue weighted by molar-refractivity contribution is 7.81. The summed E-state index contributed by atoms with van der Waals surface area (Å²) in [5, 5.41) is 0. The van der Waals surface area contributed by atoms with Crippen LogP contribution in [0.25, 0.3) is 0 Å². The second-order valence-electron chi connectivity index (χ2n) is 3.26. The maximum Gasteiger partial charge on any atom is 0.123 e. The van der Waals surface area contributed by atoms with Crippen LogP contribution in [0.15, 0.2) is 24.3 Å². The predicted molar refractivity (Wildman–Crippen MR) is 55.0 cm³/mol. The molecule has 0 saturated carbocycles. The Bertz CT molecular complexity index is 263. The van der Waals surface area contributed by atoms with Crippen LogP contribution in [-0.2, 0) is 4.75 Å². The van der Waals surface area contributed by atoms with Gasteiger partial charge in [-0.05, 0) is 19.9 Å². The van der Waals surface area contributed by atoms with Crippen LogP contribution in [0.4, 0.5) is 0 Å². The van der Waals surface area contributed by atoms with E-state index in [4.69, 9.17) is 4.74 Å². The third kappa shape index (κ3) is 1.95. The summed E-state index contributed by atoms with van der Waals surface area (Å²) in [4.78, 5) is 0. The number of ether oxygens (including phenoxy) is 1. The lowest BCUT2D eigenvalue weighted by Gasteiger charge is -2.20. The van der Waals surface area contributed by atoms with Crippen LogP contribution in [0.3, 0.4) is 0 Å². The van der Waals surface area contributed by atoms with Gasteiger partial charge >= 0.3 is 0 Å². The van der Waals surface area contributed by atoms with Crippen LogP contribution in [-0.4, -0.2) is 7.11 Å². The van der Waals surface area contributed by atoms with E-state index in [1.807, 2.05) is 38.1 Å². The number of benzene rings is 1. The Kier molecular flexibility index (Phi) is 2.68. The molecule has 0 bridgehead atoms. The molecule has 1 aromatic rings. The maximum absolute atomic E-state index is 5.22. The fourth-order valence-electron chi connectivity index (χ4n) is 1.15. The molecule has 0 N–H and O–H groups in total. The zero-order valence-corrected chi connectivity index (χ0v) is 8.56. The monoisotopic (exact) mass is 182 g/mol. The Morgan fingerprint density at radius 3 is 2.25 bits per heavy atom. The van der Waals surface area contributed by atoms with Crippen molar-refractivity contribution in [1.82, 2.24) is 0 Å². The van der Waals surface area contributed by atoms with Crippen LogP contribution in [0.2, 0.25) is 0 Å². The Labute approximate surface area is 79.2 Å². The third-order valence-electron chi connectivity index (χ3n) is 1.77. The molecular formula is C10H14OS. The van der Waals surface area contributed by atoms with Gasteiger partial charge in [-0.2, -0.15) is 12.6 Å². The smallest absolute Gasteiger partial charge is 0.123 e. The Morgan fingerprint density at radius 1 is 1.25 bits per heavy atom. The molecule has 0 atom stereocenters. The summed E-state index contributed by atoms with van der Waals surface area (Å²) in [5.74, 6) is 0.900. The normalized spacial score (nSPS) is 11.3. The Hall–Kier alpha value is -0.630. The van der Waals surface area contributed by atoms with Gasteiger partial charge in [-0.25, -0.2) is 0 Å². The summed E-state index contributed by atoms with van der Waals surface area (Å²) in [6, 6.07) is 7.94. The van der Waals surface area contributed by atoms with E-state index in [0.717, 1.165) is 11.3 Å². The lowest BCUT2D eigenvalue weighted by Crippen LogP contribution is -2.09. The summed E-state index contributed by atoms with van der Waals surface area (Å²) in [6.07, 6.45) is 0. The molecule has 0 amide bonds. The molecule has 0 unspecified atom stereocenters. The van der Waals surface area contributed by atoms with Crippen molar-refractivity contribution in [3.63, 3.8) is 0 Å². The van der Waals surface area contributed by atoms with E-state index in [-0.39, 0.29) is 4.75 Å². The van der Waals surface area contributed by atoms with Crippen LogP contribution in [0, 0.1) is 0 Å². The minimum absolute atomic E-state index is 0.146. The molecule has 0 aliphatic carbocycles. The molecule has 12 heavy (non-hydrogen) atoms. The van der Waals surface area contributed by atoms with Crippen LogP contribution < -0.4 is 4.74 Å². The average molecular weight is 182 g/mol. The summed E-state index contributed by atoms with van der Waals surface area (Å²) in [5.41, 5.74) is 1.12. The van der Waals surface area contributed by atoms with Crippen molar-refractivity contribution in [3.8, 4) is 5.75 Å². The van der Waals surface area contributed by atoms with Crippen LogP contribution >= 0.6 is 12.6 Å². The van der Waals surface area contributed by atoms with Crippen molar-refractivity contribution in [3.05, 3.63) is 29.8 Å². The van der Waals surface area contributed by atoms with Gasteiger partial charge in [0.2, 0.25) is 0 Å². The van der Waals surface area contributed by atoms with Gasteiger partial charge in [0.1, 0.15) is 5.75 Å². The highest BCUT2D eigenvalue weighted by Crippen LogP contribution is 2.33. The Morgan fingerprint density at radius 2 is 1.83 bits per heavy atom. The molecule has 0 aliphatic heterocycles. The van der Waals surface area contributed by atoms with E-state index in [2.05, 4.69) is 12.6 Å². The first-order valence-corrected chi connectivity index (χ1v) is 4.36. The summed E-state index contributed by atoms with van der Waals surface area (Å²) < 4.78 is 5.08. The SMILES string of the molecule is COc1ccccc1C(C)(C)S. The summed E-state index contributed by atoms with van der Waals surface area (Å²) >= 11 is 4.49. The molecule has 66 valence electrons. The van der Waals surface area contributed by atoms with E-state index in [1.54, 1.807) is 7.11 Å². The van der Waals surface area contributed by atoms with Gasteiger partial charge in [-0.1, -0.05) is 18.2 Å². The zero-order chi connectivity index (χ0) is 9.19. The number of hydrogen-bond acceptors (Lipinski definition) is 2. The number of methoxy groups -OCH3 is 1. The molecule has 2 heteroatoms. The maximum atomic E-state index is 5.22. The van der Waals surface area contributed by atoms with E-state index >= 15 is 0 Å². The molecule has 0 aliphatic rings. The molecular weight excluding hydrogens is 168 g/mol. The zero-order valence-electron chi connectivity index (χ0n) is 7.66. The lowest BCUT2D eigenvalue weighted by atomic mass is 10.0. The molecule has 0 radical (unpaired) electrons. The predicted octanol–water partition coefficient (Wildman–Crippen LogP) is 2.86. The molecule has 0 fully saturated rings. The van der Waals surface area contributed by atoms with E-state index < -0.39 is 0 Å². The van der Waals surface area contributed by atoms with Crippen molar-refractivity contribution in [2.24, 2.45) is 0 Å². The molecule has 1 rings (SSSR count). The highest BCUT2D eigenvalue weighted by Gasteiger charge is 2.18. The van der Waals surface area contributed by atoms with Gasteiger partial charge in [0, 0.05) is 10.3 Å². The minimum atomic E-state index is -0.146. The second kappa shape index (κ2) is 3.40. The van der Waals surface area contributed by atoms with Crippen molar-refractivity contribution in [2.45, 2.75) is 18.6 Å². The molecule has 1 aromatic carbocycles. The largest absolute Gasteiger partial charge is 0.496 e. The topological polar surface area (TPSA) is 9.23 Å². The lowest BCUT2D eigenvalue weighted by molar-refractivity contribution is 0.406. The first-order valence-electron chi connectivity index (χ1n) is 3.91. The van der Waals surface area contributed by atoms with Crippen molar-refractivity contribution < 1.29 is 4.74 Å². The fraction of sp³-hybridized carbons (Fsp3) is 0.400. The van der Waals surface area contributed by atoms with Gasteiger partial charge in [0.05, 0.1) is 7.11 Å². The summed E-state index contributed by atoms with van der Waals surface area (Å²) in [6.45, 7) is 4.10.